The summed E-state index contributed by atoms with van der Waals surface area (Å²) in [5.41, 5.74) is 4.49. The molecular weight excluding hydrogens is 392 g/mol. The molecule has 2 aromatic rings. The molecule has 2 rings (SSSR count). The number of rotatable bonds is 7. The van der Waals surface area contributed by atoms with Gasteiger partial charge < -0.3 is 14.2 Å². The van der Waals surface area contributed by atoms with E-state index in [4.69, 9.17) is 14.2 Å². The van der Waals surface area contributed by atoms with Gasteiger partial charge in [0.25, 0.3) is 11.8 Å². The van der Waals surface area contributed by atoms with Crippen molar-refractivity contribution in [1.82, 2.24) is 10.9 Å². The smallest absolute Gasteiger partial charge is 0.276 e. The maximum atomic E-state index is 11.6. The van der Waals surface area contributed by atoms with Crippen molar-refractivity contribution in [1.29, 1.82) is 0 Å². The van der Waals surface area contributed by atoms with Gasteiger partial charge in [0.2, 0.25) is 0 Å². The van der Waals surface area contributed by atoms with Crippen LogP contribution < -0.4 is 25.1 Å². The number of nitrogens with one attached hydrogen (secondary N) is 2. The number of amides is 2. The summed E-state index contributed by atoms with van der Waals surface area (Å²) in [6.07, 6.45) is 0. The number of hydrogen-bond donors (Lipinski definition) is 2. The Morgan fingerprint density at radius 1 is 0.800 bits per heavy atom. The first kappa shape index (κ1) is 18.6. The van der Waals surface area contributed by atoms with Crippen molar-refractivity contribution in [2.75, 3.05) is 20.3 Å². The van der Waals surface area contributed by atoms with E-state index >= 15 is 0 Å². The molecule has 0 bridgehead atoms. The zero-order valence-corrected chi connectivity index (χ0v) is 15.0. The zero-order chi connectivity index (χ0) is 18.1. The molecule has 0 radical (unpaired) electrons. The molecule has 0 unspecified atom stereocenters. The summed E-state index contributed by atoms with van der Waals surface area (Å²) in [6, 6.07) is 13.8. The van der Waals surface area contributed by atoms with E-state index in [0.717, 1.165) is 4.47 Å². The number of benzene rings is 2. The van der Waals surface area contributed by atoms with Crippen LogP contribution in [0.3, 0.4) is 0 Å². The maximum Gasteiger partial charge on any atom is 0.276 e. The molecule has 0 saturated carbocycles. The number of methoxy groups -OCH3 is 1. The second kappa shape index (κ2) is 9.53. The van der Waals surface area contributed by atoms with Crippen LogP contribution in [0.1, 0.15) is 0 Å². The molecular formula is C17H17BrN2O5. The maximum absolute atomic E-state index is 11.6. The summed E-state index contributed by atoms with van der Waals surface area (Å²) in [5, 5.41) is 0. The number of halogens is 1. The van der Waals surface area contributed by atoms with Gasteiger partial charge in [-0.05, 0) is 48.5 Å². The first-order valence-corrected chi connectivity index (χ1v) is 8.09. The molecule has 0 spiro atoms. The summed E-state index contributed by atoms with van der Waals surface area (Å²) in [4.78, 5) is 23.3. The van der Waals surface area contributed by atoms with Crippen LogP contribution in [-0.4, -0.2) is 32.1 Å². The molecule has 25 heavy (non-hydrogen) atoms. The number of hydrogen-bond acceptors (Lipinski definition) is 5. The van der Waals surface area contributed by atoms with Gasteiger partial charge in [-0.25, -0.2) is 0 Å². The SMILES string of the molecule is COc1ccc(OCC(=O)NNC(=O)COc2ccc(Br)cc2)cc1. The summed E-state index contributed by atoms with van der Waals surface area (Å²) < 4.78 is 16.5. The highest BCUT2D eigenvalue weighted by Gasteiger charge is 2.07. The molecule has 8 heteroatoms. The Kier molecular flexibility index (Phi) is 7.09. The molecule has 2 aromatic carbocycles. The third-order valence-electron chi connectivity index (χ3n) is 2.95. The van der Waals surface area contributed by atoms with Crippen molar-refractivity contribution < 1.29 is 23.8 Å². The highest BCUT2D eigenvalue weighted by Crippen LogP contribution is 2.17. The van der Waals surface area contributed by atoms with Gasteiger partial charge in [-0.2, -0.15) is 0 Å². The monoisotopic (exact) mass is 408 g/mol. The second-order valence-corrected chi connectivity index (χ2v) is 5.72. The van der Waals surface area contributed by atoms with Gasteiger partial charge in [-0.15, -0.1) is 0 Å². The predicted molar refractivity (Wildman–Crippen MR) is 94.4 cm³/mol. The van der Waals surface area contributed by atoms with Crippen molar-refractivity contribution in [2.24, 2.45) is 0 Å². The molecule has 0 aromatic heterocycles. The molecule has 7 nitrogen and oxygen atoms in total. The fourth-order valence-electron chi connectivity index (χ4n) is 1.71. The fourth-order valence-corrected chi connectivity index (χ4v) is 1.98. The Bertz CT molecular complexity index is 704. The van der Waals surface area contributed by atoms with Crippen molar-refractivity contribution in [3.05, 3.63) is 53.0 Å². The first-order chi connectivity index (χ1) is 12.1. The minimum absolute atomic E-state index is 0.221. The van der Waals surface area contributed by atoms with E-state index in [9.17, 15) is 9.59 Å². The largest absolute Gasteiger partial charge is 0.497 e. The van der Waals surface area contributed by atoms with Crippen molar-refractivity contribution in [3.63, 3.8) is 0 Å². The molecule has 2 amide bonds. The van der Waals surface area contributed by atoms with Crippen LogP contribution in [0.5, 0.6) is 17.2 Å². The van der Waals surface area contributed by atoms with E-state index in [1.54, 1.807) is 55.6 Å². The van der Waals surface area contributed by atoms with Crippen molar-refractivity contribution in [2.45, 2.75) is 0 Å². The Balaban J connectivity index is 1.64. The molecule has 0 atom stereocenters. The van der Waals surface area contributed by atoms with Crippen molar-refractivity contribution in [3.8, 4) is 17.2 Å². The lowest BCUT2D eigenvalue weighted by atomic mass is 10.3. The number of carbonyl (C=O) groups is 2. The summed E-state index contributed by atoms with van der Waals surface area (Å²) in [5.74, 6) is 0.775. The van der Waals surface area contributed by atoms with Gasteiger partial charge in [0.05, 0.1) is 7.11 Å². The zero-order valence-electron chi connectivity index (χ0n) is 13.5. The Morgan fingerprint density at radius 2 is 1.20 bits per heavy atom. The predicted octanol–water partition coefficient (Wildman–Crippen LogP) is 2.06. The second-order valence-electron chi connectivity index (χ2n) is 4.80. The Hall–Kier alpha value is -2.74. The van der Waals surface area contributed by atoms with Crippen LogP contribution in [-0.2, 0) is 9.59 Å². The van der Waals surface area contributed by atoms with Crippen LogP contribution in [0.15, 0.2) is 53.0 Å². The minimum atomic E-state index is -0.493. The van der Waals surface area contributed by atoms with Crippen LogP contribution in [0.25, 0.3) is 0 Å². The quantitative estimate of drug-likeness (QED) is 0.684. The highest BCUT2D eigenvalue weighted by atomic mass is 79.9. The molecule has 0 saturated heterocycles. The Morgan fingerprint density at radius 3 is 1.64 bits per heavy atom. The third kappa shape index (κ3) is 6.72. The minimum Gasteiger partial charge on any atom is -0.497 e. The fraction of sp³-hybridized carbons (Fsp3) is 0.176. The standard InChI is InChI=1S/C17H17BrN2O5/c1-23-13-6-8-15(9-7-13)25-11-17(22)20-19-16(21)10-24-14-4-2-12(18)3-5-14/h2-9H,10-11H2,1H3,(H,19,21)(H,20,22). The normalized spacial score (nSPS) is 9.84. The van der Waals surface area contributed by atoms with Crippen molar-refractivity contribution >= 4 is 27.7 Å². The summed E-state index contributed by atoms with van der Waals surface area (Å²) >= 11 is 3.30. The van der Waals surface area contributed by atoms with Gasteiger partial charge in [0.15, 0.2) is 13.2 Å². The van der Waals surface area contributed by atoms with Gasteiger partial charge >= 0.3 is 0 Å². The lowest BCUT2D eigenvalue weighted by molar-refractivity contribution is -0.131. The van der Waals surface area contributed by atoms with E-state index < -0.39 is 11.8 Å². The lowest BCUT2D eigenvalue weighted by Crippen LogP contribution is -2.45. The highest BCUT2D eigenvalue weighted by molar-refractivity contribution is 9.10. The Labute approximate surface area is 153 Å². The van der Waals surface area contributed by atoms with Gasteiger partial charge in [0, 0.05) is 4.47 Å². The van der Waals surface area contributed by atoms with Crippen LogP contribution in [0, 0.1) is 0 Å². The molecule has 132 valence electrons. The van der Waals surface area contributed by atoms with Crippen LogP contribution in [0.4, 0.5) is 0 Å². The average Bonchev–Trinajstić information content (AvgIpc) is 2.64. The van der Waals surface area contributed by atoms with Gasteiger partial charge in [-0.3, -0.25) is 20.4 Å². The lowest BCUT2D eigenvalue weighted by Gasteiger charge is -2.10. The van der Waals surface area contributed by atoms with E-state index in [1.807, 2.05) is 0 Å². The number of ether oxygens (including phenoxy) is 3. The van der Waals surface area contributed by atoms with Crippen LogP contribution >= 0.6 is 15.9 Å². The first-order valence-electron chi connectivity index (χ1n) is 7.30. The van der Waals surface area contributed by atoms with Crippen LogP contribution in [0.2, 0.25) is 0 Å². The molecule has 0 fully saturated rings. The molecule has 0 heterocycles. The number of carbonyl (C=O) groups excluding carboxylic acids is 2. The molecule has 0 aliphatic heterocycles. The topological polar surface area (TPSA) is 85.9 Å². The number of hydrazine groups is 1. The molecule has 0 aliphatic rings. The van der Waals surface area contributed by atoms with Gasteiger partial charge in [0.1, 0.15) is 17.2 Å². The third-order valence-corrected chi connectivity index (χ3v) is 3.48. The van der Waals surface area contributed by atoms with E-state index in [2.05, 4.69) is 26.8 Å². The summed E-state index contributed by atoms with van der Waals surface area (Å²) in [7, 11) is 1.56. The van der Waals surface area contributed by atoms with E-state index in [0.29, 0.717) is 17.2 Å². The molecule has 0 aliphatic carbocycles. The van der Waals surface area contributed by atoms with E-state index in [1.165, 1.54) is 0 Å². The van der Waals surface area contributed by atoms with E-state index in [-0.39, 0.29) is 13.2 Å². The molecule has 2 N–H and O–H groups in total. The average molecular weight is 409 g/mol. The summed E-state index contributed by atoms with van der Waals surface area (Å²) in [6.45, 7) is -0.457. The van der Waals surface area contributed by atoms with Gasteiger partial charge in [-0.1, -0.05) is 15.9 Å².